The maximum absolute atomic E-state index is 7.55. The van der Waals surface area contributed by atoms with Gasteiger partial charge in [0, 0.05) is 18.6 Å². The first-order valence-electron chi connectivity index (χ1n) is 11.8. The first-order valence-corrected chi connectivity index (χ1v) is 11.4. The van der Waals surface area contributed by atoms with Crippen molar-refractivity contribution in [3.8, 4) is 17.6 Å². The second-order valence-corrected chi connectivity index (χ2v) is 7.81. The smallest absolute Gasteiger partial charge is 0.212 e. The summed E-state index contributed by atoms with van der Waals surface area (Å²) in [5.74, 6) is 7.11. The Morgan fingerprint density at radius 2 is 2.27 bits per heavy atom. The molecule has 1 unspecified atom stereocenters. The van der Waals surface area contributed by atoms with E-state index in [1.54, 1.807) is 7.11 Å². The van der Waals surface area contributed by atoms with E-state index in [1.165, 1.54) is 19.3 Å². The first-order chi connectivity index (χ1) is 15.2. The average molecular weight is 417 g/mol. The number of rotatable bonds is 13. The summed E-state index contributed by atoms with van der Waals surface area (Å²) in [5, 5.41) is 4.97. The van der Waals surface area contributed by atoms with Crippen LogP contribution in [-0.2, 0) is 15.9 Å². The maximum Gasteiger partial charge on any atom is 0.212 e. The molecule has 0 aliphatic carbocycles. The van der Waals surface area contributed by atoms with Crippen molar-refractivity contribution >= 4 is 0 Å². The molecule has 0 radical (unpaired) electrons. The molecule has 0 saturated carbocycles. The Morgan fingerprint density at radius 3 is 2.97 bits per heavy atom. The minimum Gasteiger partial charge on any atom is -0.496 e. The summed E-state index contributed by atoms with van der Waals surface area (Å²) in [4.78, 5) is 0. The van der Waals surface area contributed by atoms with Crippen LogP contribution in [0.2, 0.25) is 0 Å². The molecule has 4 heteroatoms. The summed E-state index contributed by atoms with van der Waals surface area (Å²) in [6.45, 7) is 6.84. The van der Waals surface area contributed by atoms with Gasteiger partial charge in [-0.2, -0.15) is 0 Å². The van der Waals surface area contributed by atoms with E-state index in [2.05, 4.69) is 25.3 Å². The largest absolute Gasteiger partial charge is 0.496 e. The number of methoxy groups -OCH3 is 1. The molecule has 2 rings (SSSR count). The second kappa shape index (κ2) is 14.2. The number of allylic oxidation sites excluding steroid dienone is 1. The summed E-state index contributed by atoms with van der Waals surface area (Å²) in [6, 6.07) is 5.74. The third-order valence-electron chi connectivity index (χ3n) is 5.46. The molecule has 1 aromatic rings. The van der Waals surface area contributed by atoms with Crippen LogP contribution >= 0.6 is 0 Å². The number of aliphatic hydroxyl groups is 1. The number of hydrogen-bond donors (Lipinski definition) is 1. The van der Waals surface area contributed by atoms with Gasteiger partial charge >= 0.3 is 0 Å². The van der Waals surface area contributed by atoms with Crippen molar-refractivity contribution in [2.45, 2.75) is 89.6 Å². The number of benzene rings is 1. The van der Waals surface area contributed by atoms with E-state index < -0.39 is 6.10 Å². The SMILES string of the molecule is [3H]O[C@@H](C#CCC[C@H](CCCCC)OC1CCCCO1)c1cccc(OC)c1CC=C. The minimum absolute atomic E-state index is 0.0732. The third-order valence-corrected chi connectivity index (χ3v) is 5.46. The topological polar surface area (TPSA) is 47.9 Å². The number of aliphatic hydroxyl groups excluding tert-OH is 1. The van der Waals surface area contributed by atoms with Crippen molar-refractivity contribution < 1.29 is 19.3 Å². The zero-order valence-electron chi connectivity index (χ0n) is 19.7. The normalized spacial score (nSPS) is 18.6. The lowest BCUT2D eigenvalue weighted by Gasteiger charge is -2.27. The molecule has 0 bridgehead atoms. The lowest BCUT2D eigenvalue weighted by atomic mass is 9.98. The fourth-order valence-electron chi connectivity index (χ4n) is 3.79. The van der Waals surface area contributed by atoms with Crippen LogP contribution in [0.25, 0.3) is 0 Å². The Bertz CT molecular complexity index is 703. The maximum atomic E-state index is 7.55. The molecule has 1 fully saturated rings. The number of ether oxygens (including phenoxy) is 3. The zero-order valence-corrected chi connectivity index (χ0v) is 18.7. The van der Waals surface area contributed by atoms with E-state index in [4.69, 9.17) is 20.8 Å². The summed E-state index contributed by atoms with van der Waals surface area (Å²) in [7, 11) is 1.64. The lowest BCUT2D eigenvalue weighted by Crippen LogP contribution is -2.28. The Morgan fingerprint density at radius 1 is 1.37 bits per heavy atom. The first kappa shape index (κ1) is 22.9. The average Bonchev–Trinajstić information content (AvgIpc) is 2.80. The molecule has 1 N–H and O–H groups in total. The molecule has 4 nitrogen and oxygen atoms in total. The molecular weight excluding hydrogens is 376 g/mol. The quantitative estimate of drug-likeness (QED) is 0.253. The van der Waals surface area contributed by atoms with Crippen LogP contribution in [-0.4, -0.2) is 32.7 Å². The molecule has 166 valence electrons. The van der Waals surface area contributed by atoms with E-state index in [0.29, 0.717) is 12.8 Å². The van der Waals surface area contributed by atoms with Gasteiger partial charge in [-0.25, -0.2) is 0 Å². The van der Waals surface area contributed by atoms with Crippen LogP contribution in [0.4, 0.5) is 0 Å². The highest BCUT2D eigenvalue weighted by molar-refractivity contribution is 5.44. The van der Waals surface area contributed by atoms with Crippen molar-refractivity contribution in [1.29, 1.82) is 1.43 Å². The van der Waals surface area contributed by atoms with Crippen molar-refractivity contribution in [3.05, 3.63) is 42.0 Å². The van der Waals surface area contributed by atoms with E-state index in [-0.39, 0.29) is 12.4 Å². The van der Waals surface area contributed by atoms with Gasteiger partial charge in [-0.1, -0.05) is 50.3 Å². The fourth-order valence-corrected chi connectivity index (χ4v) is 3.79. The summed E-state index contributed by atoms with van der Waals surface area (Å²) >= 11 is 0. The van der Waals surface area contributed by atoms with Crippen LogP contribution in [0.15, 0.2) is 30.9 Å². The highest BCUT2D eigenvalue weighted by Crippen LogP contribution is 2.27. The van der Waals surface area contributed by atoms with Crippen molar-refractivity contribution in [1.82, 2.24) is 0 Å². The molecule has 1 aliphatic heterocycles. The van der Waals surface area contributed by atoms with Gasteiger partial charge in [-0.05, 0) is 50.2 Å². The standard InChI is InChI=1S/C26H38O4/c1-4-6-7-14-21(30-26-19-10-11-20-29-26)15-8-9-17-24(27)22-16-12-18-25(28-3)23(22)13-5-2/h5,12,16,18,21,24,26-27H,2,4,6-8,10-11,13-15,19-20H2,1,3H3/t21-,24-,26?/m0/s1/i27T. The molecule has 0 spiro atoms. The third kappa shape index (κ3) is 8.14. The Hall–Kier alpha value is -1.80. The number of hydrogen-bond acceptors (Lipinski definition) is 4. The van der Waals surface area contributed by atoms with Gasteiger partial charge in [0.2, 0.25) is 1.43 Å². The van der Waals surface area contributed by atoms with Gasteiger partial charge in [0.15, 0.2) is 6.29 Å². The summed E-state index contributed by atoms with van der Waals surface area (Å²) < 4.78 is 25.0. The van der Waals surface area contributed by atoms with Crippen LogP contribution in [0.3, 0.4) is 0 Å². The predicted octanol–water partition coefficient (Wildman–Crippen LogP) is 5.73. The monoisotopic (exact) mass is 416 g/mol. The zero-order chi connectivity index (χ0) is 22.3. The minimum atomic E-state index is -0.619. The fraction of sp³-hybridized carbons (Fsp3) is 0.615. The van der Waals surface area contributed by atoms with Crippen LogP contribution in [0, 0.1) is 11.8 Å². The van der Waals surface area contributed by atoms with Gasteiger partial charge in [-0.15, -0.1) is 12.5 Å². The Labute approximate surface area is 184 Å². The highest BCUT2D eigenvalue weighted by atomic mass is 16.7. The molecule has 1 aliphatic rings. The van der Waals surface area contributed by atoms with Crippen molar-refractivity contribution in [3.63, 3.8) is 0 Å². The van der Waals surface area contributed by atoms with Gasteiger partial charge in [0.1, 0.15) is 11.9 Å². The van der Waals surface area contributed by atoms with E-state index in [9.17, 15) is 0 Å². The highest BCUT2D eigenvalue weighted by Gasteiger charge is 2.19. The van der Waals surface area contributed by atoms with Crippen LogP contribution in [0.5, 0.6) is 5.75 Å². The van der Waals surface area contributed by atoms with Gasteiger partial charge in [-0.3, -0.25) is 0 Å². The molecule has 1 aromatic carbocycles. The Balaban J connectivity index is 2.00. The second-order valence-electron chi connectivity index (χ2n) is 7.81. The van der Waals surface area contributed by atoms with Crippen molar-refractivity contribution in [2.75, 3.05) is 13.7 Å². The van der Waals surface area contributed by atoms with Crippen molar-refractivity contribution in [2.24, 2.45) is 0 Å². The molecule has 0 amide bonds. The van der Waals surface area contributed by atoms with E-state index in [0.717, 1.165) is 55.6 Å². The van der Waals surface area contributed by atoms with Crippen LogP contribution < -0.4 is 4.74 Å². The Kier molecular flexibility index (Phi) is 10.9. The molecular formula is C26H38O4. The summed E-state index contributed by atoms with van der Waals surface area (Å²) in [6.07, 6.45) is 11.4. The van der Waals surface area contributed by atoms with Gasteiger partial charge in [0.05, 0.1) is 13.2 Å². The van der Waals surface area contributed by atoms with E-state index in [1.807, 2.05) is 24.3 Å². The molecule has 0 aromatic heterocycles. The van der Waals surface area contributed by atoms with Gasteiger partial charge < -0.3 is 19.3 Å². The molecule has 1 saturated heterocycles. The van der Waals surface area contributed by atoms with Crippen LogP contribution in [0.1, 0.15) is 81.9 Å². The lowest BCUT2D eigenvalue weighted by molar-refractivity contribution is -0.190. The van der Waals surface area contributed by atoms with E-state index >= 15 is 0 Å². The van der Waals surface area contributed by atoms with Gasteiger partial charge in [0.25, 0.3) is 0 Å². The number of unbranched alkanes of at least 4 members (excludes halogenated alkanes) is 2. The molecule has 30 heavy (non-hydrogen) atoms. The molecule has 1 heterocycles. The predicted molar refractivity (Wildman–Crippen MR) is 121 cm³/mol. The summed E-state index contributed by atoms with van der Waals surface area (Å²) in [5.41, 5.74) is 1.81. The molecule has 3 atom stereocenters.